The first-order chi connectivity index (χ1) is 5.52. The Labute approximate surface area is 75.5 Å². The van der Waals surface area contributed by atoms with Gasteiger partial charge in [-0.3, -0.25) is 0 Å². The summed E-state index contributed by atoms with van der Waals surface area (Å²) in [6.45, 7) is 10.4. The average Bonchev–Trinajstić information content (AvgIpc) is 2.55. The Morgan fingerprint density at radius 3 is 2.50 bits per heavy atom. The van der Waals surface area contributed by atoms with E-state index in [1.165, 1.54) is 18.4 Å². The maximum Gasteiger partial charge on any atom is 0.0606 e. The normalized spacial score (nSPS) is 36.2. The van der Waals surface area contributed by atoms with Crippen molar-refractivity contribution in [2.45, 2.75) is 46.1 Å². The van der Waals surface area contributed by atoms with Crippen LogP contribution in [0, 0.1) is 11.3 Å². The highest BCUT2D eigenvalue weighted by atomic mass is 16.3. The molecule has 1 unspecified atom stereocenters. The third kappa shape index (κ3) is 1.56. The van der Waals surface area contributed by atoms with Gasteiger partial charge in [-0.25, -0.2) is 0 Å². The van der Waals surface area contributed by atoms with Crippen molar-refractivity contribution < 1.29 is 5.11 Å². The molecule has 0 radical (unpaired) electrons. The molecule has 0 aromatic rings. The van der Waals surface area contributed by atoms with Crippen LogP contribution in [0.1, 0.15) is 40.0 Å². The van der Waals surface area contributed by atoms with Gasteiger partial charge in [-0.15, -0.1) is 0 Å². The minimum Gasteiger partial charge on any atom is -0.393 e. The van der Waals surface area contributed by atoms with Crippen LogP contribution in [-0.2, 0) is 0 Å². The first-order valence-electron chi connectivity index (χ1n) is 4.85. The molecule has 0 aromatic heterocycles. The standard InChI is InChI=1S/C11H20O/c1-5-6-9(8(2)3)11(4)7-10(11)12/h9-10,12H,2,5-7H2,1,3-4H3/t9?,10-,11-/m0/s1. The van der Waals surface area contributed by atoms with Crippen LogP contribution in [-0.4, -0.2) is 11.2 Å². The maximum absolute atomic E-state index is 9.49. The van der Waals surface area contributed by atoms with Gasteiger partial charge in [-0.2, -0.15) is 0 Å². The van der Waals surface area contributed by atoms with Gasteiger partial charge in [0.15, 0.2) is 0 Å². The highest BCUT2D eigenvalue weighted by Gasteiger charge is 2.54. The van der Waals surface area contributed by atoms with Crippen molar-refractivity contribution in [3.05, 3.63) is 12.2 Å². The summed E-state index contributed by atoms with van der Waals surface area (Å²) in [7, 11) is 0. The molecule has 1 fully saturated rings. The molecule has 1 rings (SSSR count). The van der Waals surface area contributed by atoms with Crippen LogP contribution in [0.25, 0.3) is 0 Å². The summed E-state index contributed by atoms with van der Waals surface area (Å²) in [6, 6.07) is 0. The van der Waals surface area contributed by atoms with E-state index >= 15 is 0 Å². The molecular weight excluding hydrogens is 148 g/mol. The Morgan fingerprint density at radius 2 is 2.25 bits per heavy atom. The molecular formula is C11H20O. The molecule has 0 heterocycles. The van der Waals surface area contributed by atoms with Gasteiger partial charge < -0.3 is 5.11 Å². The molecule has 70 valence electrons. The fraction of sp³-hybridized carbons (Fsp3) is 0.818. The van der Waals surface area contributed by atoms with E-state index in [1.54, 1.807) is 0 Å². The molecule has 12 heavy (non-hydrogen) atoms. The summed E-state index contributed by atoms with van der Waals surface area (Å²) >= 11 is 0. The summed E-state index contributed by atoms with van der Waals surface area (Å²) in [5.41, 5.74) is 1.39. The zero-order valence-electron chi connectivity index (χ0n) is 8.43. The highest BCUT2D eigenvalue weighted by molar-refractivity contribution is 5.13. The van der Waals surface area contributed by atoms with E-state index in [-0.39, 0.29) is 11.5 Å². The van der Waals surface area contributed by atoms with Crippen LogP contribution in [0.2, 0.25) is 0 Å². The number of hydrogen-bond acceptors (Lipinski definition) is 1. The van der Waals surface area contributed by atoms with E-state index in [1.807, 2.05) is 0 Å². The van der Waals surface area contributed by atoms with Gasteiger partial charge in [0.2, 0.25) is 0 Å². The molecule has 0 aromatic carbocycles. The first kappa shape index (κ1) is 9.79. The van der Waals surface area contributed by atoms with E-state index < -0.39 is 0 Å². The number of hydrogen-bond donors (Lipinski definition) is 1. The monoisotopic (exact) mass is 168 g/mol. The smallest absolute Gasteiger partial charge is 0.0606 e. The van der Waals surface area contributed by atoms with Crippen molar-refractivity contribution in [2.24, 2.45) is 11.3 Å². The minimum atomic E-state index is -0.0780. The van der Waals surface area contributed by atoms with E-state index in [0.717, 1.165) is 6.42 Å². The zero-order chi connectivity index (χ0) is 9.35. The number of aliphatic hydroxyl groups excluding tert-OH is 1. The second-order valence-electron chi connectivity index (χ2n) is 4.41. The predicted molar refractivity (Wildman–Crippen MR) is 51.9 cm³/mol. The minimum absolute atomic E-state index is 0.0780. The third-order valence-electron chi connectivity index (χ3n) is 3.20. The average molecular weight is 168 g/mol. The summed E-state index contributed by atoms with van der Waals surface area (Å²) in [4.78, 5) is 0. The van der Waals surface area contributed by atoms with Gasteiger partial charge in [0.1, 0.15) is 0 Å². The molecule has 0 bridgehead atoms. The molecule has 0 saturated heterocycles. The molecule has 1 heteroatoms. The van der Waals surface area contributed by atoms with Crippen LogP contribution in [0.4, 0.5) is 0 Å². The second kappa shape index (κ2) is 3.21. The molecule has 1 N–H and O–H groups in total. The molecule has 1 nitrogen and oxygen atoms in total. The Morgan fingerprint density at radius 1 is 1.75 bits per heavy atom. The Kier molecular flexibility index (Phi) is 2.62. The summed E-state index contributed by atoms with van der Waals surface area (Å²) < 4.78 is 0. The van der Waals surface area contributed by atoms with Crippen LogP contribution < -0.4 is 0 Å². The lowest BCUT2D eigenvalue weighted by Crippen LogP contribution is -2.17. The van der Waals surface area contributed by atoms with E-state index in [0.29, 0.717) is 5.92 Å². The number of allylic oxidation sites excluding steroid dienone is 1. The van der Waals surface area contributed by atoms with E-state index in [2.05, 4.69) is 27.4 Å². The van der Waals surface area contributed by atoms with Crippen molar-refractivity contribution in [1.82, 2.24) is 0 Å². The molecule has 1 saturated carbocycles. The van der Waals surface area contributed by atoms with Gasteiger partial charge in [-0.1, -0.05) is 32.4 Å². The zero-order valence-corrected chi connectivity index (χ0v) is 8.43. The Bertz CT molecular complexity index is 185. The van der Waals surface area contributed by atoms with Gasteiger partial charge in [0, 0.05) is 5.41 Å². The Balaban J connectivity index is 2.61. The third-order valence-corrected chi connectivity index (χ3v) is 3.20. The lowest BCUT2D eigenvalue weighted by molar-refractivity contribution is 0.193. The van der Waals surface area contributed by atoms with E-state index in [4.69, 9.17) is 0 Å². The second-order valence-corrected chi connectivity index (χ2v) is 4.41. The fourth-order valence-electron chi connectivity index (χ4n) is 2.16. The van der Waals surface area contributed by atoms with Gasteiger partial charge in [0.25, 0.3) is 0 Å². The van der Waals surface area contributed by atoms with Crippen LogP contribution in [0.3, 0.4) is 0 Å². The first-order valence-corrected chi connectivity index (χ1v) is 4.85. The number of aliphatic hydroxyl groups is 1. The van der Waals surface area contributed by atoms with Crippen LogP contribution in [0.15, 0.2) is 12.2 Å². The molecule has 0 spiro atoms. The van der Waals surface area contributed by atoms with Gasteiger partial charge >= 0.3 is 0 Å². The summed E-state index contributed by atoms with van der Waals surface area (Å²) in [5, 5.41) is 9.49. The van der Waals surface area contributed by atoms with Gasteiger partial charge in [-0.05, 0) is 25.7 Å². The quantitative estimate of drug-likeness (QED) is 0.640. The predicted octanol–water partition coefficient (Wildman–Crippen LogP) is 2.75. The van der Waals surface area contributed by atoms with Crippen LogP contribution >= 0.6 is 0 Å². The van der Waals surface area contributed by atoms with Crippen molar-refractivity contribution in [1.29, 1.82) is 0 Å². The number of rotatable bonds is 4. The molecule has 0 amide bonds. The molecule has 1 aliphatic carbocycles. The summed E-state index contributed by atoms with van der Waals surface area (Å²) in [6.07, 6.45) is 3.23. The topological polar surface area (TPSA) is 20.2 Å². The highest BCUT2D eigenvalue weighted by Crippen LogP contribution is 2.55. The van der Waals surface area contributed by atoms with Crippen LogP contribution in [0.5, 0.6) is 0 Å². The lowest BCUT2D eigenvalue weighted by Gasteiger charge is -2.23. The lowest BCUT2D eigenvalue weighted by atomic mass is 9.82. The van der Waals surface area contributed by atoms with Gasteiger partial charge in [0.05, 0.1) is 6.10 Å². The fourth-order valence-corrected chi connectivity index (χ4v) is 2.16. The Hall–Kier alpha value is -0.300. The maximum atomic E-state index is 9.49. The van der Waals surface area contributed by atoms with Crippen molar-refractivity contribution >= 4 is 0 Å². The molecule has 0 aliphatic heterocycles. The van der Waals surface area contributed by atoms with E-state index in [9.17, 15) is 5.11 Å². The SMILES string of the molecule is C=C(C)C(CCC)[C@]1(C)C[C@@H]1O. The van der Waals surface area contributed by atoms with Crippen molar-refractivity contribution in [3.8, 4) is 0 Å². The largest absolute Gasteiger partial charge is 0.393 e. The van der Waals surface area contributed by atoms with Crippen molar-refractivity contribution in [2.75, 3.05) is 0 Å². The van der Waals surface area contributed by atoms with Crippen molar-refractivity contribution in [3.63, 3.8) is 0 Å². The molecule has 1 aliphatic rings. The molecule has 3 atom stereocenters. The summed E-state index contributed by atoms with van der Waals surface area (Å²) in [5.74, 6) is 0.525.